The summed E-state index contributed by atoms with van der Waals surface area (Å²) in [5, 5.41) is 1.83. The number of rotatable bonds is 7. The molecule has 0 unspecified atom stereocenters. The predicted octanol–water partition coefficient (Wildman–Crippen LogP) is 3.50. The van der Waals surface area contributed by atoms with Crippen molar-refractivity contribution in [3.63, 3.8) is 0 Å². The Morgan fingerprint density at radius 2 is 1.76 bits per heavy atom. The third-order valence-corrected chi connectivity index (χ3v) is 3.42. The lowest BCUT2D eigenvalue weighted by Gasteiger charge is -2.13. The molecule has 2 aromatic rings. The molecule has 0 atom stereocenters. The van der Waals surface area contributed by atoms with E-state index in [1.54, 1.807) is 18.2 Å². The monoisotopic (exact) mass is 353 g/mol. The minimum atomic E-state index is -4.87. The van der Waals surface area contributed by atoms with Crippen LogP contribution >= 0.6 is 0 Å². The summed E-state index contributed by atoms with van der Waals surface area (Å²) in [6, 6.07) is 14.7. The highest BCUT2D eigenvalue weighted by atomic mass is 19.4. The molecule has 0 spiro atoms. The lowest BCUT2D eigenvalue weighted by molar-refractivity contribution is -0.173. The maximum absolute atomic E-state index is 12.1. The van der Waals surface area contributed by atoms with Gasteiger partial charge in [0.05, 0.1) is 7.11 Å². The smallest absolute Gasteiger partial charge is 0.471 e. The molecule has 0 saturated heterocycles. The third kappa shape index (κ3) is 5.70. The highest BCUT2D eigenvalue weighted by Crippen LogP contribution is 2.29. The Hall–Kier alpha value is -2.70. The first-order chi connectivity index (χ1) is 11.9. The number of methoxy groups -OCH3 is 1. The average molecular weight is 353 g/mol. The first-order valence-corrected chi connectivity index (χ1v) is 7.59. The predicted molar refractivity (Wildman–Crippen MR) is 86.5 cm³/mol. The van der Waals surface area contributed by atoms with Crippen LogP contribution in [-0.4, -0.2) is 25.7 Å². The molecule has 0 aliphatic rings. The van der Waals surface area contributed by atoms with E-state index in [0.29, 0.717) is 18.1 Å². The molecule has 25 heavy (non-hydrogen) atoms. The molecule has 0 fully saturated rings. The fraction of sp³-hybridized carbons (Fsp3) is 0.278. The zero-order chi connectivity index (χ0) is 18.3. The van der Waals surface area contributed by atoms with Crippen LogP contribution in [0.2, 0.25) is 0 Å². The van der Waals surface area contributed by atoms with Gasteiger partial charge in [-0.3, -0.25) is 4.79 Å². The zero-order valence-electron chi connectivity index (χ0n) is 13.6. The molecule has 0 bridgehead atoms. The van der Waals surface area contributed by atoms with Gasteiger partial charge < -0.3 is 14.8 Å². The maximum atomic E-state index is 12.1. The molecule has 2 rings (SSSR count). The molecule has 0 aliphatic heterocycles. The zero-order valence-corrected chi connectivity index (χ0v) is 13.6. The topological polar surface area (TPSA) is 47.6 Å². The number of hydrogen-bond acceptors (Lipinski definition) is 3. The van der Waals surface area contributed by atoms with Crippen molar-refractivity contribution in [2.45, 2.75) is 19.2 Å². The van der Waals surface area contributed by atoms with E-state index < -0.39 is 12.1 Å². The molecule has 2 aromatic carbocycles. The van der Waals surface area contributed by atoms with Gasteiger partial charge >= 0.3 is 12.1 Å². The molecule has 0 aliphatic carbocycles. The van der Waals surface area contributed by atoms with E-state index in [1.807, 2.05) is 35.6 Å². The molecule has 0 heterocycles. The maximum Gasteiger partial charge on any atom is 0.471 e. The number of benzene rings is 2. The van der Waals surface area contributed by atoms with Gasteiger partial charge in [-0.05, 0) is 29.7 Å². The molecular weight excluding hydrogens is 335 g/mol. The first-order valence-electron chi connectivity index (χ1n) is 7.59. The minimum absolute atomic E-state index is 0.119. The van der Waals surface area contributed by atoms with E-state index in [4.69, 9.17) is 9.47 Å². The van der Waals surface area contributed by atoms with Gasteiger partial charge in [0.1, 0.15) is 6.61 Å². The number of alkyl halides is 3. The minimum Gasteiger partial charge on any atom is -0.493 e. The molecular formula is C18H18F3NO3. The average Bonchev–Trinajstić information content (AvgIpc) is 2.60. The van der Waals surface area contributed by atoms with Crippen LogP contribution in [-0.2, 0) is 17.8 Å². The van der Waals surface area contributed by atoms with Gasteiger partial charge in [-0.2, -0.15) is 13.2 Å². The van der Waals surface area contributed by atoms with Crippen molar-refractivity contribution in [1.29, 1.82) is 0 Å². The first kappa shape index (κ1) is 18.6. The lowest BCUT2D eigenvalue weighted by Crippen LogP contribution is -2.37. The summed E-state index contributed by atoms with van der Waals surface area (Å²) in [4.78, 5) is 10.8. The SMILES string of the molecule is COc1cc(CCNC(=O)C(F)(F)F)ccc1OCc1ccccc1. The van der Waals surface area contributed by atoms with Gasteiger partial charge in [0.15, 0.2) is 11.5 Å². The summed E-state index contributed by atoms with van der Waals surface area (Å²) in [6.45, 7) is 0.254. The van der Waals surface area contributed by atoms with Crippen molar-refractivity contribution in [3.05, 3.63) is 59.7 Å². The highest BCUT2D eigenvalue weighted by Gasteiger charge is 2.38. The van der Waals surface area contributed by atoms with Gasteiger partial charge in [-0.25, -0.2) is 0 Å². The van der Waals surface area contributed by atoms with E-state index in [-0.39, 0.29) is 13.0 Å². The second-order valence-corrected chi connectivity index (χ2v) is 5.26. The molecule has 4 nitrogen and oxygen atoms in total. The van der Waals surface area contributed by atoms with Gasteiger partial charge in [0.25, 0.3) is 0 Å². The normalized spacial score (nSPS) is 11.0. The van der Waals surface area contributed by atoms with Crippen molar-refractivity contribution in [3.8, 4) is 11.5 Å². The summed E-state index contributed by atoms with van der Waals surface area (Å²) in [5.74, 6) is -0.924. The Labute approximate surface area is 143 Å². The Bertz CT molecular complexity index is 702. The number of carbonyl (C=O) groups is 1. The third-order valence-electron chi connectivity index (χ3n) is 3.42. The number of halogens is 3. The number of carbonyl (C=O) groups excluding carboxylic acids is 1. The van der Waals surface area contributed by atoms with Gasteiger partial charge in [-0.15, -0.1) is 0 Å². The van der Waals surface area contributed by atoms with Crippen molar-refractivity contribution >= 4 is 5.91 Å². The van der Waals surface area contributed by atoms with Crippen LogP contribution in [0.5, 0.6) is 11.5 Å². The second kappa shape index (κ2) is 8.41. The molecule has 0 radical (unpaired) electrons. The Morgan fingerprint density at radius 1 is 1.04 bits per heavy atom. The van der Waals surface area contributed by atoms with E-state index >= 15 is 0 Å². The Morgan fingerprint density at radius 3 is 2.40 bits per heavy atom. The van der Waals surface area contributed by atoms with E-state index in [9.17, 15) is 18.0 Å². The molecule has 0 saturated carbocycles. The van der Waals surface area contributed by atoms with Gasteiger partial charge in [0.2, 0.25) is 0 Å². The highest BCUT2D eigenvalue weighted by molar-refractivity contribution is 5.81. The van der Waals surface area contributed by atoms with E-state index in [0.717, 1.165) is 11.1 Å². The number of amides is 1. The molecule has 7 heteroatoms. The summed E-state index contributed by atoms with van der Waals surface area (Å²) < 4.78 is 47.3. The van der Waals surface area contributed by atoms with Crippen LogP contribution in [0.4, 0.5) is 13.2 Å². The van der Waals surface area contributed by atoms with E-state index in [1.165, 1.54) is 7.11 Å². The summed E-state index contributed by atoms with van der Waals surface area (Å²) in [5.41, 5.74) is 1.73. The van der Waals surface area contributed by atoms with Crippen LogP contribution in [0.1, 0.15) is 11.1 Å². The quantitative estimate of drug-likeness (QED) is 0.829. The Kier molecular flexibility index (Phi) is 6.27. The van der Waals surface area contributed by atoms with Crippen LogP contribution in [0, 0.1) is 0 Å². The van der Waals surface area contributed by atoms with Crippen molar-refractivity contribution < 1.29 is 27.4 Å². The number of hydrogen-bond donors (Lipinski definition) is 1. The van der Waals surface area contributed by atoms with Gasteiger partial charge in [0, 0.05) is 6.54 Å². The summed E-state index contributed by atoms with van der Waals surface area (Å²) >= 11 is 0. The fourth-order valence-electron chi connectivity index (χ4n) is 2.14. The molecule has 134 valence electrons. The van der Waals surface area contributed by atoms with Gasteiger partial charge in [-0.1, -0.05) is 36.4 Å². The van der Waals surface area contributed by atoms with Crippen molar-refractivity contribution in [2.75, 3.05) is 13.7 Å². The second-order valence-electron chi connectivity index (χ2n) is 5.26. The Balaban J connectivity index is 1.93. The van der Waals surface area contributed by atoms with E-state index in [2.05, 4.69) is 0 Å². The van der Waals surface area contributed by atoms with Crippen molar-refractivity contribution in [2.24, 2.45) is 0 Å². The molecule has 0 aromatic heterocycles. The lowest BCUT2D eigenvalue weighted by atomic mass is 10.1. The standard InChI is InChI=1S/C18H18F3NO3/c1-24-16-11-13(9-10-22-17(23)18(19,20)21)7-8-15(16)25-12-14-5-3-2-4-6-14/h2-8,11H,9-10,12H2,1H3,(H,22,23). The van der Waals surface area contributed by atoms with Crippen LogP contribution < -0.4 is 14.8 Å². The number of nitrogens with one attached hydrogen (secondary N) is 1. The number of ether oxygens (including phenoxy) is 2. The largest absolute Gasteiger partial charge is 0.493 e. The molecule has 1 N–H and O–H groups in total. The van der Waals surface area contributed by atoms with Crippen LogP contribution in [0.3, 0.4) is 0 Å². The molecule has 1 amide bonds. The van der Waals surface area contributed by atoms with Crippen LogP contribution in [0.15, 0.2) is 48.5 Å². The summed E-state index contributed by atoms with van der Waals surface area (Å²) in [7, 11) is 1.49. The fourth-order valence-corrected chi connectivity index (χ4v) is 2.14. The van der Waals surface area contributed by atoms with Crippen molar-refractivity contribution in [1.82, 2.24) is 5.32 Å². The summed E-state index contributed by atoms with van der Waals surface area (Å²) in [6.07, 6.45) is -4.62. The van der Waals surface area contributed by atoms with Crippen LogP contribution in [0.25, 0.3) is 0 Å².